The summed E-state index contributed by atoms with van der Waals surface area (Å²) < 4.78 is 0. The summed E-state index contributed by atoms with van der Waals surface area (Å²) in [5.74, 6) is -0.507. The molecule has 1 saturated heterocycles. The van der Waals surface area contributed by atoms with Crippen LogP contribution in [0, 0.1) is 12.8 Å². The van der Waals surface area contributed by atoms with Gasteiger partial charge in [-0.2, -0.15) is 0 Å². The van der Waals surface area contributed by atoms with Crippen LogP contribution >= 0.6 is 0 Å². The minimum absolute atomic E-state index is 0.0568. The van der Waals surface area contributed by atoms with Gasteiger partial charge in [-0.1, -0.05) is 31.5 Å². The van der Waals surface area contributed by atoms with E-state index < -0.39 is 6.04 Å². The van der Waals surface area contributed by atoms with Crippen LogP contribution in [0.3, 0.4) is 0 Å². The number of likely N-dealkylation sites (tertiary alicyclic amines) is 1. The van der Waals surface area contributed by atoms with E-state index in [0.29, 0.717) is 12.0 Å². The molecule has 1 aromatic carbocycles. The standard InChI is InChI=1S/C20H29N3O3/c1-14(2)18(22-19(25)16-8-6-15(3)7-9-16)20(26)21-11-10-17(24)23-12-4-5-13-23/h6-9,14,18H,4-5,10-13H2,1-3H3,(H,21,26)(H,22,25)/t18-/m1/s1. The monoisotopic (exact) mass is 359 g/mol. The Morgan fingerprint density at radius 3 is 2.27 bits per heavy atom. The summed E-state index contributed by atoms with van der Waals surface area (Å²) in [6.45, 7) is 7.64. The van der Waals surface area contributed by atoms with Crippen molar-refractivity contribution in [2.24, 2.45) is 5.92 Å². The SMILES string of the molecule is Cc1ccc(C(=O)N[C@@H](C(=O)NCCC(=O)N2CCCC2)C(C)C)cc1. The zero-order chi connectivity index (χ0) is 19.1. The van der Waals surface area contributed by atoms with Gasteiger partial charge >= 0.3 is 0 Å². The second kappa shape index (κ2) is 9.36. The molecule has 1 heterocycles. The number of carbonyl (C=O) groups excluding carboxylic acids is 3. The first-order valence-corrected chi connectivity index (χ1v) is 9.31. The third-order valence-corrected chi connectivity index (χ3v) is 4.65. The molecular formula is C20H29N3O3. The summed E-state index contributed by atoms with van der Waals surface area (Å²) in [5, 5.41) is 5.58. The largest absolute Gasteiger partial charge is 0.354 e. The van der Waals surface area contributed by atoms with E-state index in [2.05, 4.69) is 10.6 Å². The minimum atomic E-state index is -0.634. The lowest BCUT2D eigenvalue weighted by Crippen LogP contribution is -2.50. The highest BCUT2D eigenvalue weighted by Crippen LogP contribution is 2.09. The van der Waals surface area contributed by atoms with E-state index in [4.69, 9.17) is 0 Å². The van der Waals surface area contributed by atoms with Gasteiger partial charge in [-0.3, -0.25) is 14.4 Å². The summed E-state index contributed by atoms with van der Waals surface area (Å²) in [6.07, 6.45) is 2.40. The summed E-state index contributed by atoms with van der Waals surface area (Å²) in [4.78, 5) is 38.7. The maximum atomic E-state index is 12.5. The number of aryl methyl sites for hydroxylation is 1. The van der Waals surface area contributed by atoms with Crippen molar-refractivity contribution in [2.75, 3.05) is 19.6 Å². The van der Waals surface area contributed by atoms with Crippen LogP contribution in [0.4, 0.5) is 0 Å². The summed E-state index contributed by atoms with van der Waals surface area (Å²) in [5.41, 5.74) is 1.60. The molecule has 0 aliphatic carbocycles. The van der Waals surface area contributed by atoms with Crippen molar-refractivity contribution in [1.82, 2.24) is 15.5 Å². The van der Waals surface area contributed by atoms with Gasteiger partial charge in [0.1, 0.15) is 6.04 Å². The molecule has 0 radical (unpaired) electrons. The quantitative estimate of drug-likeness (QED) is 0.780. The van der Waals surface area contributed by atoms with Crippen LogP contribution in [0.2, 0.25) is 0 Å². The first-order chi connectivity index (χ1) is 12.4. The average molecular weight is 359 g/mol. The Morgan fingerprint density at radius 1 is 1.08 bits per heavy atom. The van der Waals surface area contributed by atoms with Gasteiger partial charge in [0.05, 0.1) is 0 Å². The molecule has 1 fully saturated rings. The highest BCUT2D eigenvalue weighted by atomic mass is 16.2. The van der Waals surface area contributed by atoms with Gasteiger partial charge in [0, 0.05) is 31.6 Å². The van der Waals surface area contributed by atoms with Crippen LogP contribution in [0.5, 0.6) is 0 Å². The molecule has 2 rings (SSSR count). The summed E-state index contributed by atoms with van der Waals surface area (Å²) >= 11 is 0. The van der Waals surface area contributed by atoms with Gasteiger partial charge in [0.15, 0.2) is 0 Å². The van der Waals surface area contributed by atoms with Crippen molar-refractivity contribution in [1.29, 1.82) is 0 Å². The number of nitrogens with zero attached hydrogens (tertiary/aromatic N) is 1. The molecule has 0 unspecified atom stereocenters. The lowest BCUT2D eigenvalue weighted by molar-refractivity contribution is -0.130. The van der Waals surface area contributed by atoms with Crippen LogP contribution in [0.1, 0.15) is 49.0 Å². The third-order valence-electron chi connectivity index (χ3n) is 4.65. The highest BCUT2D eigenvalue weighted by Gasteiger charge is 2.25. The summed E-state index contributed by atoms with van der Waals surface area (Å²) in [7, 11) is 0. The van der Waals surface area contributed by atoms with E-state index in [1.807, 2.05) is 37.8 Å². The smallest absolute Gasteiger partial charge is 0.251 e. The fraction of sp³-hybridized carbons (Fsp3) is 0.550. The third kappa shape index (κ3) is 5.58. The Balaban J connectivity index is 1.85. The van der Waals surface area contributed by atoms with Crippen LogP contribution in [0.15, 0.2) is 24.3 Å². The van der Waals surface area contributed by atoms with Crippen molar-refractivity contribution in [3.05, 3.63) is 35.4 Å². The Hall–Kier alpha value is -2.37. The molecule has 3 amide bonds. The summed E-state index contributed by atoms with van der Waals surface area (Å²) in [6, 6.07) is 6.58. The second-order valence-corrected chi connectivity index (χ2v) is 7.19. The van der Waals surface area contributed by atoms with E-state index in [1.54, 1.807) is 12.1 Å². The molecule has 1 aliphatic rings. The Labute approximate surface area is 155 Å². The lowest BCUT2D eigenvalue weighted by Gasteiger charge is -2.22. The number of nitrogens with one attached hydrogen (secondary N) is 2. The first kappa shape index (κ1) is 19.9. The van der Waals surface area contributed by atoms with Gasteiger partial charge < -0.3 is 15.5 Å². The van der Waals surface area contributed by atoms with E-state index in [1.165, 1.54) is 0 Å². The molecule has 0 saturated carbocycles. The molecular weight excluding hydrogens is 330 g/mol. The van der Waals surface area contributed by atoms with Crippen molar-refractivity contribution in [2.45, 2.75) is 46.1 Å². The van der Waals surface area contributed by atoms with Gasteiger partial charge in [0.2, 0.25) is 11.8 Å². The van der Waals surface area contributed by atoms with E-state index in [9.17, 15) is 14.4 Å². The molecule has 2 N–H and O–H groups in total. The Kier molecular flexibility index (Phi) is 7.18. The Morgan fingerprint density at radius 2 is 1.69 bits per heavy atom. The molecule has 0 aromatic heterocycles. The van der Waals surface area contributed by atoms with Crippen molar-refractivity contribution < 1.29 is 14.4 Å². The van der Waals surface area contributed by atoms with Crippen molar-refractivity contribution >= 4 is 17.7 Å². The molecule has 6 heteroatoms. The number of carbonyl (C=O) groups is 3. The fourth-order valence-electron chi connectivity index (χ4n) is 2.99. The zero-order valence-electron chi connectivity index (χ0n) is 15.9. The first-order valence-electron chi connectivity index (χ1n) is 9.31. The highest BCUT2D eigenvalue weighted by molar-refractivity contribution is 5.97. The van der Waals surface area contributed by atoms with Crippen LogP contribution < -0.4 is 10.6 Å². The fourth-order valence-corrected chi connectivity index (χ4v) is 2.99. The van der Waals surface area contributed by atoms with Crippen molar-refractivity contribution in [3.63, 3.8) is 0 Å². The number of benzene rings is 1. The molecule has 1 aromatic rings. The van der Waals surface area contributed by atoms with Gasteiger partial charge in [0.25, 0.3) is 5.91 Å². The number of hydrogen-bond donors (Lipinski definition) is 2. The lowest BCUT2D eigenvalue weighted by atomic mass is 10.0. The maximum absolute atomic E-state index is 12.5. The van der Waals surface area contributed by atoms with Crippen LogP contribution in [-0.4, -0.2) is 48.3 Å². The van der Waals surface area contributed by atoms with Gasteiger partial charge in [-0.05, 0) is 37.8 Å². The van der Waals surface area contributed by atoms with E-state index in [0.717, 1.165) is 31.5 Å². The molecule has 1 aliphatic heterocycles. The predicted molar refractivity (Wildman–Crippen MR) is 101 cm³/mol. The minimum Gasteiger partial charge on any atom is -0.354 e. The molecule has 0 bridgehead atoms. The van der Waals surface area contributed by atoms with E-state index in [-0.39, 0.29) is 30.2 Å². The molecule has 26 heavy (non-hydrogen) atoms. The molecule has 0 spiro atoms. The number of hydrogen-bond acceptors (Lipinski definition) is 3. The Bertz CT molecular complexity index is 634. The van der Waals surface area contributed by atoms with Crippen LogP contribution in [-0.2, 0) is 9.59 Å². The maximum Gasteiger partial charge on any atom is 0.251 e. The molecule has 1 atom stereocenters. The van der Waals surface area contributed by atoms with Crippen molar-refractivity contribution in [3.8, 4) is 0 Å². The number of rotatable bonds is 7. The normalized spacial score (nSPS) is 15.0. The zero-order valence-corrected chi connectivity index (χ0v) is 15.9. The van der Waals surface area contributed by atoms with Gasteiger partial charge in [-0.25, -0.2) is 0 Å². The van der Waals surface area contributed by atoms with Gasteiger partial charge in [-0.15, -0.1) is 0 Å². The predicted octanol–water partition coefficient (Wildman–Crippen LogP) is 1.88. The van der Waals surface area contributed by atoms with Crippen LogP contribution in [0.25, 0.3) is 0 Å². The topological polar surface area (TPSA) is 78.5 Å². The molecule has 6 nitrogen and oxygen atoms in total. The molecule has 142 valence electrons. The second-order valence-electron chi connectivity index (χ2n) is 7.19. The number of amides is 3. The van der Waals surface area contributed by atoms with E-state index >= 15 is 0 Å². The average Bonchev–Trinajstić information content (AvgIpc) is 3.14.